The molecule has 0 radical (unpaired) electrons. The van der Waals surface area contributed by atoms with Crippen LogP contribution >= 0.6 is 12.4 Å². The van der Waals surface area contributed by atoms with Crippen molar-refractivity contribution in [3.05, 3.63) is 29.3 Å². The molecule has 0 aromatic heterocycles. The van der Waals surface area contributed by atoms with Crippen molar-refractivity contribution in [3.63, 3.8) is 0 Å². The molecule has 3 N–H and O–H groups in total. The molecule has 0 aliphatic heterocycles. The lowest BCUT2D eigenvalue weighted by molar-refractivity contribution is -0.126. The van der Waals surface area contributed by atoms with Gasteiger partial charge in [-0.1, -0.05) is 18.6 Å². The van der Waals surface area contributed by atoms with Crippen LogP contribution in [0.2, 0.25) is 0 Å². The predicted molar refractivity (Wildman–Crippen MR) is 97.6 cm³/mol. The minimum Gasteiger partial charge on any atom is -0.491 e. The van der Waals surface area contributed by atoms with Crippen LogP contribution in [-0.4, -0.2) is 32.3 Å². The van der Waals surface area contributed by atoms with Crippen molar-refractivity contribution < 1.29 is 14.3 Å². The molecule has 1 amide bonds. The van der Waals surface area contributed by atoms with Gasteiger partial charge in [0.05, 0.1) is 6.61 Å². The van der Waals surface area contributed by atoms with Gasteiger partial charge in [-0.05, 0) is 37.8 Å². The number of benzene rings is 1. The Morgan fingerprint density at radius 3 is 2.83 bits per heavy atom. The summed E-state index contributed by atoms with van der Waals surface area (Å²) < 4.78 is 10.8. The summed E-state index contributed by atoms with van der Waals surface area (Å²) in [5, 5.41) is 3.03. The number of methoxy groups -OCH3 is 1. The van der Waals surface area contributed by atoms with Gasteiger partial charge >= 0.3 is 0 Å². The molecule has 0 saturated heterocycles. The molecule has 24 heavy (non-hydrogen) atoms. The van der Waals surface area contributed by atoms with E-state index in [-0.39, 0.29) is 30.3 Å². The molecular formula is C18H29ClN2O3. The number of nitrogens with two attached hydrogens (primary N) is 1. The van der Waals surface area contributed by atoms with Crippen molar-refractivity contribution in [2.45, 2.75) is 45.2 Å². The molecular weight excluding hydrogens is 328 g/mol. The molecule has 6 heteroatoms. The Kier molecular flexibility index (Phi) is 9.11. The van der Waals surface area contributed by atoms with E-state index in [4.69, 9.17) is 15.2 Å². The van der Waals surface area contributed by atoms with Crippen LogP contribution in [-0.2, 0) is 16.1 Å². The zero-order valence-electron chi connectivity index (χ0n) is 14.5. The number of hydrogen-bond acceptors (Lipinski definition) is 4. The van der Waals surface area contributed by atoms with E-state index in [1.807, 2.05) is 25.1 Å². The summed E-state index contributed by atoms with van der Waals surface area (Å²) in [6.07, 6.45) is 3.79. The molecule has 1 aromatic rings. The van der Waals surface area contributed by atoms with Crippen LogP contribution in [0.1, 0.15) is 36.8 Å². The van der Waals surface area contributed by atoms with Gasteiger partial charge in [-0.2, -0.15) is 0 Å². The Bertz CT molecular complexity index is 525. The van der Waals surface area contributed by atoms with E-state index in [0.29, 0.717) is 19.8 Å². The first-order valence-corrected chi connectivity index (χ1v) is 8.34. The Morgan fingerprint density at radius 1 is 1.33 bits per heavy atom. The number of ether oxygens (including phenoxy) is 2. The van der Waals surface area contributed by atoms with Crippen molar-refractivity contribution in [2.24, 2.45) is 11.7 Å². The van der Waals surface area contributed by atoms with Crippen LogP contribution in [0.4, 0.5) is 0 Å². The van der Waals surface area contributed by atoms with E-state index in [1.54, 1.807) is 7.11 Å². The largest absolute Gasteiger partial charge is 0.491 e. The summed E-state index contributed by atoms with van der Waals surface area (Å²) in [6.45, 7) is 3.54. The quantitative estimate of drug-likeness (QED) is 0.736. The molecule has 136 valence electrons. The molecule has 2 atom stereocenters. The lowest BCUT2D eigenvalue weighted by Crippen LogP contribution is -2.37. The average Bonchev–Trinajstić information content (AvgIpc) is 2.54. The molecule has 1 fully saturated rings. The number of amides is 1. The fourth-order valence-corrected chi connectivity index (χ4v) is 2.97. The van der Waals surface area contributed by atoms with Crippen molar-refractivity contribution in [1.82, 2.24) is 5.32 Å². The van der Waals surface area contributed by atoms with Crippen molar-refractivity contribution in [3.8, 4) is 5.75 Å². The zero-order chi connectivity index (χ0) is 16.7. The molecule has 0 heterocycles. The Balaban J connectivity index is 0.00000288. The second-order valence-corrected chi connectivity index (χ2v) is 6.29. The summed E-state index contributed by atoms with van der Waals surface area (Å²) in [6, 6.07) is 6.19. The lowest BCUT2D eigenvalue weighted by Gasteiger charge is -2.25. The van der Waals surface area contributed by atoms with Crippen LogP contribution in [0.25, 0.3) is 0 Å². The first-order chi connectivity index (χ1) is 11.1. The molecule has 5 nitrogen and oxygen atoms in total. The second kappa shape index (κ2) is 10.5. The Morgan fingerprint density at radius 2 is 2.12 bits per heavy atom. The summed E-state index contributed by atoms with van der Waals surface area (Å²) >= 11 is 0. The highest BCUT2D eigenvalue weighted by Gasteiger charge is 2.25. The van der Waals surface area contributed by atoms with Crippen LogP contribution in [0.3, 0.4) is 0 Å². The standard InChI is InChI=1S/C18H28N2O3.ClH/c1-13-6-7-15(17(10-13)23-9-8-22-2)12-20-18(21)14-4-3-5-16(19)11-14;/h6-7,10,14,16H,3-5,8-9,11-12,19H2,1-2H3,(H,20,21);1H. The first-order valence-electron chi connectivity index (χ1n) is 8.34. The molecule has 1 aliphatic carbocycles. The van der Waals surface area contributed by atoms with Gasteiger partial charge in [0.25, 0.3) is 0 Å². The van der Waals surface area contributed by atoms with Crippen LogP contribution < -0.4 is 15.8 Å². The first kappa shape index (κ1) is 20.7. The van der Waals surface area contributed by atoms with Crippen molar-refractivity contribution in [1.29, 1.82) is 0 Å². The van der Waals surface area contributed by atoms with Crippen LogP contribution in [0.15, 0.2) is 18.2 Å². The maximum atomic E-state index is 12.3. The monoisotopic (exact) mass is 356 g/mol. The van der Waals surface area contributed by atoms with Gasteiger partial charge in [0.1, 0.15) is 12.4 Å². The number of carbonyl (C=O) groups excluding carboxylic acids is 1. The summed E-state index contributed by atoms with van der Waals surface area (Å²) in [7, 11) is 1.65. The zero-order valence-corrected chi connectivity index (χ0v) is 15.4. The van der Waals surface area contributed by atoms with Gasteiger partial charge in [-0.15, -0.1) is 12.4 Å². The highest BCUT2D eigenvalue weighted by atomic mass is 35.5. The number of hydrogen-bond donors (Lipinski definition) is 2. The van der Waals surface area contributed by atoms with Gasteiger partial charge < -0.3 is 20.5 Å². The predicted octanol–water partition coefficient (Wildman–Crippen LogP) is 2.58. The van der Waals surface area contributed by atoms with E-state index < -0.39 is 0 Å². The van der Waals surface area contributed by atoms with Crippen molar-refractivity contribution in [2.75, 3.05) is 20.3 Å². The van der Waals surface area contributed by atoms with Gasteiger partial charge in [0, 0.05) is 31.2 Å². The van der Waals surface area contributed by atoms with Gasteiger partial charge in [-0.3, -0.25) is 4.79 Å². The molecule has 0 bridgehead atoms. The molecule has 1 saturated carbocycles. The van der Waals surface area contributed by atoms with E-state index in [2.05, 4.69) is 5.32 Å². The van der Waals surface area contributed by atoms with Gasteiger partial charge in [0.2, 0.25) is 5.91 Å². The minimum atomic E-state index is 0. The molecule has 2 unspecified atom stereocenters. The maximum absolute atomic E-state index is 12.3. The number of rotatable bonds is 7. The third-order valence-electron chi connectivity index (χ3n) is 4.31. The third-order valence-corrected chi connectivity index (χ3v) is 4.31. The Hall–Kier alpha value is -1.30. The van der Waals surface area contributed by atoms with Gasteiger partial charge in [-0.25, -0.2) is 0 Å². The smallest absolute Gasteiger partial charge is 0.223 e. The highest BCUT2D eigenvalue weighted by Crippen LogP contribution is 2.24. The summed E-state index contributed by atoms with van der Waals surface area (Å²) in [5.41, 5.74) is 8.08. The highest BCUT2D eigenvalue weighted by molar-refractivity contribution is 5.85. The third kappa shape index (κ3) is 6.30. The van der Waals surface area contributed by atoms with E-state index >= 15 is 0 Å². The summed E-state index contributed by atoms with van der Waals surface area (Å²) in [4.78, 5) is 12.3. The fraction of sp³-hybridized carbons (Fsp3) is 0.611. The molecule has 1 aromatic carbocycles. The number of nitrogens with one attached hydrogen (secondary N) is 1. The van der Waals surface area contributed by atoms with E-state index in [0.717, 1.165) is 42.6 Å². The molecule has 1 aliphatic rings. The van der Waals surface area contributed by atoms with E-state index in [9.17, 15) is 4.79 Å². The maximum Gasteiger partial charge on any atom is 0.223 e. The van der Waals surface area contributed by atoms with Gasteiger partial charge in [0.15, 0.2) is 0 Å². The fourth-order valence-electron chi connectivity index (χ4n) is 2.97. The average molecular weight is 357 g/mol. The summed E-state index contributed by atoms with van der Waals surface area (Å²) in [5.74, 6) is 0.952. The van der Waals surface area contributed by atoms with E-state index in [1.165, 1.54) is 0 Å². The SMILES string of the molecule is COCCOc1cc(C)ccc1CNC(=O)C1CCCC(N)C1.Cl. The number of halogens is 1. The minimum absolute atomic E-state index is 0. The molecule has 0 spiro atoms. The topological polar surface area (TPSA) is 73.6 Å². The number of carbonyl (C=O) groups is 1. The normalized spacial score (nSPS) is 20.1. The van der Waals surface area contributed by atoms with Crippen molar-refractivity contribution >= 4 is 18.3 Å². The number of aryl methyl sites for hydroxylation is 1. The van der Waals surface area contributed by atoms with Crippen LogP contribution in [0.5, 0.6) is 5.75 Å². The molecule has 2 rings (SSSR count). The lowest BCUT2D eigenvalue weighted by atomic mass is 9.85. The van der Waals surface area contributed by atoms with Crippen LogP contribution in [0, 0.1) is 12.8 Å². The Labute approximate surface area is 150 Å². The second-order valence-electron chi connectivity index (χ2n) is 6.29.